The Morgan fingerprint density at radius 3 is 2.52 bits per heavy atom. The molecule has 1 atom stereocenters. The van der Waals surface area contributed by atoms with Gasteiger partial charge >= 0.3 is 0 Å². The van der Waals surface area contributed by atoms with E-state index in [4.69, 9.17) is 16.7 Å². The first-order chi connectivity index (χ1) is 10.7. The Labute approximate surface area is 142 Å². The summed E-state index contributed by atoms with van der Waals surface area (Å²) in [5.41, 5.74) is 0.316. The lowest BCUT2D eigenvalue weighted by molar-refractivity contribution is -0.118. The molecule has 0 fully saturated rings. The van der Waals surface area contributed by atoms with Crippen molar-refractivity contribution >= 4 is 29.1 Å². The van der Waals surface area contributed by atoms with Gasteiger partial charge in [-0.1, -0.05) is 32.4 Å². The molecule has 23 heavy (non-hydrogen) atoms. The molecule has 0 radical (unpaired) electrons. The predicted molar refractivity (Wildman–Crippen MR) is 92.8 cm³/mol. The number of anilines is 1. The fraction of sp³-hybridized carbons (Fsp3) is 0.529. The van der Waals surface area contributed by atoms with Crippen LogP contribution in [-0.4, -0.2) is 29.1 Å². The lowest BCUT2D eigenvalue weighted by Gasteiger charge is -2.29. The molecule has 3 N–H and O–H groups in total. The molecule has 0 saturated carbocycles. The molecule has 5 nitrogen and oxygen atoms in total. The van der Waals surface area contributed by atoms with Gasteiger partial charge in [0.15, 0.2) is 0 Å². The highest BCUT2D eigenvalue weighted by Crippen LogP contribution is 2.23. The summed E-state index contributed by atoms with van der Waals surface area (Å²) in [4.78, 5) is 24.3. The lowest BCUT2D eigenvalue weighted by atomic mass is 9.94. The maximum absolute atomic E-state index is 12.5. The van der Waals surface area contributed by atoms with E-state index in [1.807, 2.05) is 13.8 Å². The van der Waals surface area contributed by atoms with Crippen molar-refractivity contribution < 1.29 is 14.7 Å². The van der Waals surface area contributed by atoms with Crippen LogP contribution in [0.4, 0.5) is 5.69 Å². The summed E-state index contributed by atoms with van der Waals surface area (Å²) in [5, 5.41) is 15.1. The van der Waals surface area contributed by atoms with Gasteiger partial charge in [0.1, 0.15) is 0 Å². The average molecular weight is 341 g/mol. The summed E-state index contributed by atoms with van der Waals surface area (Å²) in [6.45, 7) is 7.39. The third kappa shape index (κ3) is 5.52. The van der Waals surface area contributed by atoms with Gasteiger partial charge in [-0.05, 0) is 38.0 Å². The van der Waals surface area contributed by atoms with Gasteiger partial charge in [-0.3, -0.25) is 9.59 Å². The predicted octanol–water partition coefficient (Wildman–Crippen LogP) is 3.22. The van der Waals surface area contributed by atoms with E-state index in [1.54, 1.807) is 32.0 Å². The van der Waals surface area contributed by atoms with E-state index < -0.39 is 5.54 Å². The number of halogens is 1. The number of amides is 2. The van der Waals surface area contributed by atoms with Crippen LogP contribution >= 0.6 is 11.6 Å². The first kappa shape index (κ1) is 19.5. The number of rotatable bonds is 7. The Hall–Kier alpha value is -1.59. The van der Waals surface area contributed by atoms with Crippen molar-refractivity contribution in [1.29, 1.82) is 0 Å². The van der Waals surface area contributed by atoms with E-state index in [0.29, 0.717) is 29.1 Å². The van der Waals surface area contributed by atoms with Crippen molar-refractivity contribution in [2.24, 2.45) is 5.92 Å². The molecule has 0 aromatic heterocycles. The summed E-state index contributed by atoms with van der Waals surface area (Å²) in [7, 11) is 0. The molecule has 1 aromatic rings. The highest BCUT2D eigenvalue weighted by molar-refractivity contribution is 6.34. The molecule has 128 valence electrons. The topological polar surface area (TPSA) is 78.4 Å². The first-order valence-electron chi connectivity index (χ1n) is 7.76. The first-order valence-corrected chi connectivity index (χ1v) is 8.14. The maximum atomic E-state index is 12.5. The molecule has 0 saturated heterocycles. The van der Waals surface area contributed by atoms with E-state index in [2.05, 4.69) is 10.6 Å². The SMILES string of the molecule is CCC(C)(CCO)NC(=O)c1cc(NC(=O)C(C)C)ccc1Cl. The van der Waals surface area contributed by atoms with Crippen LogP contribution in [0.1, 0.15) is 50.9 Å². The molecule has 1 rings (SSSR count). The smallest absolute Gasteiger partial charge is 0.253 e. The van der Waals surface area contributed by atoms with E-state index >= 15 is 0 Å². The number of aliphatic hydroxyl groups excluding tert-OH is 1. The molecule has 0 bridgehead atoms. The summed E-state index contributed by atoms with van der Waals surface area (Å²) in [6.07, 6.45) is 1.14. The Bertz CT molecular complexity index is 575. The third-order valence-corrected chi connectivity index (χ3v) is 4.19. The number of carbonyl (C=O) groups is 2. The average Bonchev–Trinajstić information content (AvgIpc) is 2.49. The Kier molecular flexibility index (Phi) is 7.03. The second-order valence-electron chi connectivity index (χ2n) is 6.18. The second-order valence-corrected chi connectivity index (χ2v) is 6.59. The summed E-state index contributed by atoms with van der Waals surface area (Å²) in [5.74, 6) is -0.610. The molecular formula is C17H25ClN2O3. The van der Waals surface area contributed by atoms with Gasteiger partial charge < -0.3 is 15.7 Å². The Morgan fingerprint density at radius 1 is 1.35 bits per heavy atom. The molecule has 0 aliphatic rings. The lowest BCUT2D eigenvalue weighted by Crippen LogP contribution is -2.46. The zero-order valence-corrected chi connectivity index (χ0v) is 14.8. The fourth-order valence-corrected chi connectivity index (χ4v) is 2.18. The molecule has 1 aromatic carbocycles. The third-order valence-electron chi connectivity index (χ3n) is 3.86. The van der Waals surface area contributed by atoms with Gasteiger partial charge in [-0.25, -0.2) is 0 Å². The van der Waals surface area contributed by atoms with Crippen molar-refractivity contribution in [2.75, 3.05) is 11.9 Å². The normalized spacial score (nSPS) is 13.5. The number of carbonyl (C=O) groups excluding carboxylic acids is 2. The minimum Gasteiger partial charge on any atom is -0.396 e. The largest absolute Gasteiger partial charge is 0.396 e. The van der Waals surface area contributed by atoms with Crippen LogP contribution in [0.25, 0.3) is 0 Å². The van der Waals surface area contributed by atoms with E-state index in [-0.39, 0.29) is 24.3 Å². The molecule has 6 heteroatoms. The van der Waals surface area contributed by atoms with Gasteiger partial charge in [0, 0.05) is 23.8 Å². The molecule has 0 heterocycles. The quantitative estimate of drug-likeness (QED) is 0.713. The van der Waals surface area contributed by atoms with Crippen LogP contribution in [0.15, 0.2) is 18.2 Å². The van der Waals surface area contributed by atoms with Gasteiger partial charge in [0.05, 0.1) is 10.6 Å². The van der Waals surface area contributed by atoms with Crippen molar-refractivity contribution in [3.05, 3.63) is 28.8 Å². The van der Waals surface area contributed by atoms with Crippen molar-refractivity contribution in [3.8, 4) is 0 Å². The van der Waals surface area contributed by atoms with Crippen LogP contribution in [-0.2, 0) is 4.79 Å². The fourth-order valence-electron chi connectivity index (χ4n) is 1.98. The maximum Gasteiger partial charge on any atom is 0.253 e. The van der Waals surface area contributed by atoms with E-state index in [1.165, 1.54) is 0 Å². The standard InChI is InChI=1S/C17H25ClN2O3/c1-5-17(4,8-9-21)20-16(23)13-10-12(6-7-14(13)18)19-15(22)11(2)3/h6-7,10-11,21H,5,8-9H2,1-4H3,(H,19,22)(H,20,23). The molecule has 0 aliphatic heterocycles. The van der Waals surface area contributed by atoms with Gasteiger partial charge in [-0.2, -0.15) is 0 Å². The van der Waals surface area contributed by atoms with E-state index in [9.17, 15) is 9.59 Å². The van der Waals surface area contributed by atoms with E-state index in [0.717, 1.165) is 0 Å². The number of benzene rings is 1. The van der Waals surface area contributed by atoms with Crippen LogP contribution in [0.2, 0.25) is 5.02 Å². The minimum absolute atomic E-state index is 0.0111. The number of hydrogen-bond donors (Lipinski definition) is 3. The van der Waals surface area contributed by atoms with Crippen molar-refractivity contribution in [2.45, 2.75) is 46.1 Å². The molecular weight excluding hydrogens is 316 g/mol. The van der Waals surface area contributed by atoms with Crippen LogP contribution in [0.3, 0.4) is 0 Å². The Morgan fingerprint density at radius 2 is 2.00 bits per heavy atom. The molecule has 0 spiro atoms. The minimum atomic E-state index is -0.508. The van der Waals surface area contributed by atoms with Crippen LogP contribution < -0.4 is 10.6 Å². The highest BCUT2D eigenvalue weighted by atomic mass is 35.5. The zero-order valence-electron chi connectivity index (χ0n) is 14.1. The van der Waals surface area contributed by atoms with Crippen molar-refractivity contribution in [3.63, 3.8) is 0 Å². The Balaban J connectivity index is 2.98. The monoisotopic (exact) mass is 340 g/mol. The molecule has 2 amide bonds. The van der Waals surface area contributed by atoms with Gasteiger partial charge in [0.25, 0.3) is 5.91 Å². The second kappa shape index (κ2) is 8.31. The van der Waals surface area contributed by atoms with Crippen LogP contribution in [0, 0.1) is 5.92 Å². The molecule has 1 unspecified atom stereocenters. The summed E-state index contributed by atoms with van der Waals surface area (Å²) in [6, 6.07) is 4.81. The highest BCUT2D eigenvalue weighted by Gasteiger charge is 2.25. The van der Waals surface area contributed by atoms with Crippen molar-refractivity contribution in [1.82, 2.24) is 5.32 Å². The molecule has 0 aliphatic carbocycles. The number of aliphatic hydroxyl groups is 1. The zero-order chi connectivity index (χ0) is 17.6. The van der Waals surface area contributed by atoms with Gasteiger partial charge in [0.2, 0.25) is 5.91 Å². The number of nitrogens with one attached hydrogen (secondary N) is 2. The number of hydrogen-bond acceptors (Lipinski definition) is 3. The summed E-state index contributed by atoms with van der Waals surface area (Å²) < 4.78 is 0. The van der Waals surface area contributed by atoms with Crippen LogP contribution in [0.5, 0.6) is 0 Å². The van der Waals surface area contributed by atoms with Gasteiger partial charge in [-0.15, -0.1) is 0 Å². The summed E-state index contributed by atoms with van der Waals surface area (Å²) >= 11 is 6.12.